The summed E-state index contributed by atoms with van der Waals surface area (Å²) < 4.78 is 27.2. The quantitative estimate of drug-likeness (QED) is 0.455. The van der Waals surface area contributed by atoms with Gasteiger partial charge in [-0.1, -0.05) is 0 Å². The Morgan fingerprint density at radius 1 is 1.07 bits per heavy atom. The molecule has 0 saturated carbocycles. The van der Waals surface area contributed by atoms with E-state index in [0.29, 0.717) is 32.4 Å². The minimum Gasteiger partial charge on any atom is -0.502 e. The maximum atomic E-state index is 11.9. The molecule has 0 unspecified atom stereocenters. The average molecular weight is 236 g/mol. The maximum Gasteiger partial charge on any atom is 0.330 e. The molecule has 15 heavy (non-hydrogen) atoms. The Labute approximate surface area is 92.1 Å². The van der Waals surface area contributed by atoms with Crippen molar-refractivity contribution in [1.82, 2.24) is 0 Å². The van der Waals surface area contributed by atoms with E-state index < -0.39 is 7.60 Å². The van der Waals surface area contributed by atoms with Crippen molar-refractivity contribution in [2.45, 2.75) is 27.2 Å². The van der Waals surface area contributed by atoms with Gasteiger partial charge in [-0.15, -0.1) is 0 Å². The second-order valence-corrected chi connectivity index (χ2v) is 4.97. The molecule has 0 rings (SSSR count). The van der Waals surface area contributed by atoms with Gasteiger partial charge < -0.3 is 13.8 Å². The minimum absolute atomic E-state index is 0.401. The van der Waals surface area contributed by atoms with Gasteiger partial charge in [0.25, 0.3) is 0 Å². The van der Waals surface area contributed by atoms with E-state index in [0.717, 1.165) is 0 Å². The molecule has 4 nitrogen and oxygen atoms in total. The Morgan fingerprint density at radius 3 is 2.13 bits per heavy atom. The molecular weight excluding hydrogens is 215 g/mol. The summed E-state index contributed by atoms with van der Waals surface area (Å²) in [4.78, 5) is 0. The summed E-state index contributed by atoms with van der Waals surface area (Å²) in [5.74, 6) is 0. The van der Waals surface area contributed by atoms with Crippen LogP contribution in [0.3, 0.4) is 0 Å². The predicted octanol–water partition coefficient (Wildman–Crippen LogP) is 3.19. The summed E-state index contributed by atoms with van der Waals surface area (Å²) in [6, 6.07) is 0. The third kappa shape index (κ3) is 7.60. The Bertz CT molecular complexity index is 205. The summed E-state index contributed by atoms with van der Waals surface area (Å²) in [5, 5.41) is 0. The van der Waals surface area contributed by atoms with E-state index in [1.54, 1.807) is 6.26 Å². The average Bonchev–Trinajstić information content (AvgIpc) is 2.18. The van der Waals surface area contributed by atoms with Crippen molar-refractivity contribution in [3.63, 3.8) is 0 Å². The molecule has 0 fully saturated rings. The maximum absolute atomic E-state index is 11.9. The van der Waals surface area contributed by atoms with Crippen molar-refractivity contribution in [1.29, 1.82) is 0 Å². The van der Waals surface area contributed by atoms with E-state index >= 15 is 0 Å². The van der Waals surface area contributed by atoms with Crippen LogP contribution in [0.2, 0.25) is 0 Å². The van der Waals surface area contributed by atoms with Crippen LogP contribution in [0, 0.1) is 0 Å². The van der Waals surface area contributed by atoms with E-state index in [1.165, 1.54) is 0 Å². The smallest absolute Gasteiger partial charge is 0.330 e. The van der Waals surface area contributed by atoms with Crippen molar-refractivity contribution >= 4 is 7.60 Å². The normalized spacial score (nSPS) is 12.2. The van der Waals surface area contributed by atoms with Crippen LogP contribution >= 0.6 is 7.60 Å². The fourth-order valence-corrected chi connectivity index (χ4v) is 2.61. The van der Waals surface area contributed by atoms with Gasteiger partial charge in [-0.05, 0) is 33.3 Å². The largest absolute Gasteiger partial charge is 0.502 e. The van der Waals surface area contributed by atoms with E-state index in [1.807, 2.05) is 26.8 Å². The number of allylic oxidation sites excluding steroid dienone is 1. The summed E-state index contributed by atoms with van der Waals surface area (Å²) in [7, 11) is -2.87. The van der Waals surface area contributed by atoms with Crippen molar-refractivity contribution in [3.05, 3.63) is 12.3 Å². The molecule has 0 spiro atoms. The molecule has 0 aliphatic carbocycles. The van der Waals surface area contributed by atoms with Gasteiger partial charge in [-0.3, -0.25) is 4.57 Å². The molecule has 0 heterocycles. The molecule has 0 radical (unpaired) electrons. The lowest BCUT2D eigenvalue weighted by molar-refractivity contribution is 0.220. The van der Waals surface area contributed by atoms with Gasteiger partial charge in [0.2, 0.25) is 0 Å². The second-order valence-electron chi connectivity index (χ2n) is 2.79. The van der Waals surface area contributed by atoms with Crippen LogP contribution in [0.1, 0.15) is 27.2 Å². The van der Waals surface area contributed by atoms with Gasteiger partial charge in [0.05, 0.1) is 32.2 Å². The summed E-state index contributed by atoms with van der Waals surface area (Å²) in [6.07, 6.45) is 4.48. The van der Waals surface area contributed by atoms with Gasteiger partial charge in [0, 0.05) is 0 Å². The van der Waals surface area contributed by atoms with Crippen LogP contribution in [0.5, 0.6) is 0 Å². The van der Waals surface area contributed by atoms with Crippen LogP contribution in [0.15, 0.2) is 12.3 Å². The van der Waals surface area contributed by atoms with Crippen molar-refractivity contribution < 1.29 is 18.3 Å². The van der Waals surface area contributed by atoms with Crippen LogP contribution in [0.4, 0.5) is 0 Å². The standard InChI is InChI=1S/C10H21O4P/c1-4-12-9-7-8-10-15(11,13-5-2)14-6-3/h7,9H,4-6,8,10H2,1-3H3/b9-7+. The Hall–Kier alpha value is -0.310. The second kappa shape index (κ2) is 8.96. The highest BCUT2D eigenvalue weighted by atomic mass is 31.2. The molecule has 0 aliphatic rings. The lowest BCUT2D eigenvalue weighted by Crippen LogP contribution is -1.99. The van der Waals surface area contributed by atoms with Gasteiger partial charge in [-0.25, -0.2) is 0 Å². The van der Waals surface area contributed by atoms with Crippen LogP contribution in [-0.4, -0.2) is 26.0 Å². The van der Waals surface area contributed by atoms with Crippen molar-refractivity contribution in [3.8, 4) is 0 Å². The Kier molecular flexibility index (Phi) is 8.77. The van der Waals surface area contributed by atoms with Crippen molar-refractivity contribution in [2.75, 3.05) is 26.0 Å². The monoisotopic (exact) mass is 236 g/mol. The topological polar surface area (TPSA) is 44.8 Å². The third-order valence-electron chi connectivity index (χ3n) is 1.58. The summed E-state index contributed by atoms with van der Waals surface area (Å²) >= 11 is 0. The lowest BCUT2D eigenvalue weighted by atomic mass is 10.5. The zero-order chi connectivity index (χ0) is 11.6. The first kappa shape index (κ1) is 14.7. The summed E-state index contributed by atoms with van der Waals surface area (Å²) in [6.45, 7) is 6.99. The van der Waals surface area contributed by atoms with E-state index in [-0.39, 0.29) is 0 Å². The highest BCUT2D eigenvalue weighted by molar-refractivity contribution is 7.53. The van der Waals surface area contributed by atoms with E-state index in [4.69, 9.17) is 13.8 Å². The molecular formula is C10H21O4P. The highest BCUT2D eigenvalue weighted by Gasteiger charge is 2.21. The molecule has 0 atom stereocenters. The van der Waals surface area contributed by atoms with Gasteiger partial charge >= 0.3 is 7.60 Å². The minimum atomic E-state index is -2.87. The number of hydrogen-bond acceptors (Lipinski definition) is 4. The van der Waals surface area contributed by atoms with E-state index in [2.05, 4.69) is 0 Å². The number of rotatable bonds is 9. The van der Waals surface area contributed by atoms with E-state index in [9.17, 15) is 4.57 Å². The molecule has 0 bridgehead atoms. The Balaban J connectivity index is 3.90. The third-order valence-corrected chi connectivity index (χ3v) is 3.69. The molecule has 0 aromatic heterocycles. The predicted molar refractivity (Wildman–Crippen MR) is 61.1 cm³/mol. The molecule has 0 aliphatic heterocycles. The fraction of sp³-hybridized carbons (Fsp3) is 0.800. The first-order valence-electron chi connectivity index (χ1n) is 5.33. The molecule has 90 valence electrons. The van der Waals surface area contributed by atoms with Gasteiger partial charge in [0.1, 0.15) is 0 Å². The molecule has 0 aromatic rings. The van der Waals surface area contributed by atoms with Gasteiger partial charge in [-0.2, -0.15) is 0 Å². The highest BCUT2D eigenvalue weighted by Crippen LogP contribution is 2.48. The van der Waals surface area contributed by atoms with Gasteiger partial charge in [0.15, 0.2) is 0 Å². The Morgan fingerprint density at radius 2 is 1.67 bits per heavy atom. The van der Waals surface area contributed by atoms with Crippen LogP contribution in [0.25, 0.3) is 0 Å². The van der Waals surface area contributed by atoms with Crippen molar-refractivity contribution in [2.24, 2.45) is 0 Å². The lowest BCUT2D eigenvalue weighted by Gasteiger charge is -2.15. The number of ether oxygens (including phenoxy) is 1. The first-order chi connectivity index (χ1) is 7.18. The molecule has 5 heteroatoms. The molecule has 0 amide bonds. The molecule has 0 N–H and O–H groups in total. The summed E-state index contributed by atoms with van der Waals surface area (Å²) in [5.41, 5.74) is 0. The number of hydrogen-bond donors (Lipinski definition) is 0. The van der Waals surface area contributed by atoms with Crippen LogP contribution < -0.4 is 0 Å². The zero-order valence-corrected chi connectivity index (χ0v) is 10.7. The molecule has 0 aromatic carbocycles. The SMILES string of the molecule is CCO/C=C/CCP(=O)(OCC)OCC. The van der Waals surface area contributed by atoms with Crippen LogP contribution in [-0.2, 0) is 18.3 Å². The first-order valence-corrected chi connectivity index (χ1v) is 7.06. The molecule has 0 saturated heterocycles. The zero-order valence-electron chi connectivity index (χ0n) is 9.77. The fourth-order valence-electron chi connectivity index (χ4n) is 1.02.